The highest BCUT2D eigenvalue weighted by Gasteiger charge is 2.40. The summed E-state index contributed by atoms with van der Waals surface area (Å²) in [5.74, 6) is 5.39. The van der Waals surface area contributed by atoms with Gasteiger partial charge in [0.05, 0.1) is 80.5 Å². The minimum Gasteiger partial charge on any atom is -0.497 e. The zero-order chi connectivity index (χ0) is 100. The molecule has 5 aliphatic rings. The predicted molar refractivity (Wildman–Crippen MR) is 587 cm³/mol. The molecular formula is C117H111FN8O11S8. The molecule has 1 fully saturated rings. The smallest absolute Gasteiger partial charge is 0.264 e. The Labute approximate surface area is 877 Å². The molecule has 7 N–H and O–H groups in total. The summed E-state index contributed by atoms with van der Waals surface area (Å²) >= 11 is 12.8. The van der Waals surface area contributed by atoms with E-state index >= 15 is 0 Å². The van der Waals surface area contributed by atoms with Gasteiger partial charge in [-0.3, -0.25) is 19.2 Å². The highest BCUT2D eigenvalue weighted by molar-refractivity contribution is 8.01. The molecule has 11 aromatic carbocycles. The predicted octanol–water partition coefficient (Wildman–Crippen LogP) is 27.4. The number of fused-ring (bicyclic) bond motifs is 4. The second kappa shape index (κ2) is 51.0. The molecule has 28 heteroatoms. The molecule has 740 valence electrons. The van der Waals surface area contributed by atoms with Crippen LogP contribution in [-0.2, 0) is 68.3 Å². The number of thiophene rings is 4. The zero-order valence-electron chi connectivity index (χ0n) is 80.4. The summed E-state index contributed by atoms with van der Waals surface area (Å²) in [6, 6.07) is 101. The number of amides is 4. The van der Waals surface area contributed by atoms with Crippen LogP contribution in [0.1, 0.15) is 213 Å². The number of rotatable bonds is 29. The highest BCUT2D eigenvalue weighted by atomic mass is 32.2. The van der Waals surface area contributed by atoms with Crippen LogP contribution in [-0.4, -0.2) is 107 Å². The lowest BCUT2D eigenvalue weighted by atomic mass is 9.79. The fraction of sp³-hybridized carbons (Fsp3) is 0.231. The quantitative estimate of drug-likeness (QED) is 0.0131. The average Bonchev–Trinajstić information content (AvgIpc) is 1.63. The molecule has 20 rings (SSSR count). The van der Waals surface area contributed by atoms with Crippen LogP contribution in [0.15, 0.2) is 347 Å². The largest absolute Gasteiger partial charge is 0.497 e. The van der Waals surface area contributed by atoms with E-state index in [-0.39, 0.29) is 53.1 Å². The Hall–Kier alpha value is -13.3. The van der Waals surface area contributed by atoms with E-state index in [0.29, 0.717) is 102 Å². The second-order valence-corrected chi connectivity index (χ2v) is 44.8. The van der Waals surface area contributed by atoms with Crippen molar-refractivity contribution in [1.29, 1.82) is 0 Å². The zero-order valence-corrected chi connectivity index (χ0v) is 87.0. The third-order valence-corrected chi connectivity index (χ3v) is 36.7. The highest BCUT2D eigenvalue weighted by Crippen LogP contribution is 2.51. The van der Waals surface area contributed by atoms with E-state index in [1.165, 1.54) is 80.4 Å². The summed E-state index contributed by atoms with van der Waals surface area (Å²) in [6.45, 7) is 2.99. The number of methoxy groups -OCH3 is 3. The van der Waals surface area contributed by atoms with E-state index < -0.39 is 0 Å². The number of oxime groups is 4. The molecule has 0 saturated carbocycles. The number of nitrogens with zero attached hydrogens (tertiary/aromatic N) is 5. The second-order valence-electron chi connectivity index (χ2n) is 35.7. The molecule has 145 heavy (non-hydrogen) atoms. The van der Waals surface area contributed by atoms with Crippen LogP contribution in [0.25, 0.3) is 0 Å². The van der Waals surface area contributed by atoms with E-state index in [9.17, 15) is 44.4 Å². The number of benzene rings is 11. The van der Waals surface area contributed by atoms with Gasteiger partial charge in [0, 0.05) is 104 Å². The monoisotopic (exact) mass is 2080 g/mol. The number of ether oxygens (including phenoxy) is 3. The van der Waals surface area contributed by atoms with Crippen molar-refractivity contribution in [2.45, 2.75) is 154 Å². The summed E-state index contributed by atoms with van der Waals surface area (Å²) in [6.07, 6.45) is 8.49. The maximum Gasteiger partial charge on any atom is 0.264 e. The Kier molecular flexibility index (Phi) is 36.3. The van der Waals surface area contributed by atoms with Crippen LogP contribution in [0.5, 0.6) is 17.2 Å². The van der Waals surface area contributed by atoms with Gasteiger partial charge in [0.1, 0.15) is 23.1 Å². The lowest BCUT2D eigenvalue weighted by Crippen LogP contribution is -2.36. The number of hydrogen-bond donors (Lipinski definition) is 7. The Morgan fingerprint density at radius 1 is 0.310 bits per heavy atom. The van der Waals surface area contributed by atoms with Crippen molar-refractivity contribution >= 4 is 139 Å². The molecule has 1 saturated heterocycles. The van der Waals surface area contributed by atoms with Crippen LogP contribution < -0.4 is 30.2 Å². The van der Waals surface area contributed by atoms with Gasteiger partial charge in [-0.15, -0.1) is 92.4 Å². The van der Waals surface area contributed by atoms with E-state index in [0.717, 1.165) is 172 Å². The first-order valence-electron chi connectivity index (χ1n) is 48.2. The first kappa shape index (κ1) is 103. The molecule has 2 unspecified atom stereocenters. The molecule has 4 aromatic heterocycles. The average molecular weight is 2080 g/mol. The first-order chi connectivity index (χ1) is 71.1. The van der Waals surface area contributed by atoms with Crippen molar-refractivity contribution in [3.8, 4) is 17.2 Å². The Balaban J connectivity index is 0.000000132. The normalized spacial score (nSPS) is 16.6. The minimum absolute atomic E-state index is 0.00810. The first-order valence-corrected chi connectivity index (χ1v) is 55.4. The lowest BCUT2D eigenvalue weighted by molar-refractivity contribution is 0.0727. The van der Waals surface area contributed by atoms with Gasteiger partial charge in [-0.05, 0) is 201 Å². The summed E-state index contributed by atoms with van der Waals surface area (Å²) in [5.41, 5.74) is 22.4. The van der Waals surface area contributed by atoms with Crippen LogP contribution in [0.2, 0.25) is 0 Å². The number of piperidine rings is 1. The third kappa shape index (κ3) is 26.2. The SMILES string of the molecule is COc1ccc(C2C/C(=N\O)c3c(SCc4ccccc4)sc(C(=O)N4CCCCC4)c3C2)cc1.COc1ccc([C@@H]2C/C(=N\O)c3c(SCc4ccccc4)sc(C(=O)NCc4ccccc4)c3C2)cc1.COc1ccc([C@H]2C/C(=N\O)c3c(SCc4ccccc4)sc(C(=O)NCc4ccccc4)c3C2)cc1.O=C(NCc1ccccc1)c1sc(SCc2ccccc2)c2c1CC(c1ccc(F)cc1)C/C2=N\O. The number of likely N-dealkylation sites (tertiary alicyclic amines) is 1. The van der Waals surface area contributed by atoms with Crippen molar-refractivity contribution < 1.29 is 58.6 Å². The molecule has 19 nitrogen and oxygen atoms in total. The summed E-state index contributed by atoms with van der Waals surface area (Å²) in [4.78, 5) is 58.9. The number of carbonyl (C=O) groups is 4. The van der Waals surface area contributed by atoms with Crippen molar-refractivity contribution in [3.63, 3.8) is 0 Å². The van der Waals surface area contributed by atoms with Crippen molar-refractivity contribution in [2.24, 2.45) is 20.6 Å². The molecule has 0 spiro atoms. The van der Waals surface area contributed by atoms with E-state index in [1.54, 1.807) is 91.8 Å². The molecule has 0 bridgehead atoms. The van der Waals surface area contributed by atoms with Crippen LogP contribution in [0.3, 0.4) is 0 Å². The maximum absolute atomic E-state index is 13.7. The molecule has 4 amide bonds. The van der Waals surface area contributed by atoms with E-state index in [1.807, 2.05) is 205 Å². The fourth-order valence-corrected chi connectivity index (χ4v) is 29.0. The van der Waals surface area contributed by atoms with Gasteiger partial charge >= 0.3 is 0 Å². The molecule has 0 radical (unpaired) electrons. The summed E-state index contributed by atoms with van der Waals surface area (Å²) in [7, 11) is 4.97. The number of thioether (sulfide) groups is 4. The molecular weight excluding hydrogens is 1970 g/mol. The van der Waals surface area contributed by atoms with Crippen molar-refractivity contribution in [1.82, 2.24) is 20.9 Å². The summed E-state index contributed by atoms with van der Waals surface area (Å²) < 4.78 is 33.6. The van der Waals surface area contributed by atoms with Crippen LogP contribution >= 0.6 is 92.4 Å². The van der Waals surface area contributed by atoms with Gasteiger partial charge in [0.25, 0.3) is 23.6 Å². The Morgan fingerprint density at radius 2 is 0.538 bits per heavy atom. The maximum atomic E-state index is 13.7. The Morgan fingerprint density at radius 3 is 0.779 bits per heavy atom. The van der Waals surface area contributed by atoms with Crippen molar-refractivity contribution in [2.75, 3.05) is 34.4 Å². The van der Waals surface area contributed by atoms with Crippen LogP contribution in [0.4, 0.5) is 4.39 Å². The number of nitrogens with one attached hydrogen (secondary N) is 3. The van der Waals surface area contributed by atoms with E-state index in [2.05, 4.69) is 122 Å². The van der Waals surface area contributed by atoms with E-state index in [4.69, 9.17) is 14.2 Å². The Bertz CT molecular complexity index is 6800. The molecule has 1 aliphatic heterocycles. The van der Waals surface area contributed by atoms with Gasteiger partial charge < -0.3 is 55.9 Å². The molecule has 5 heterocycles. The third-order valence-electron chi connectivity index (χ3n) is 26.4. The minimum atomic E-state index is -0.289. The molecule has 4 aliphatic carbocycles. The number of hydrogen-bond acceptors (Lipinski definition) is 23. The summed E-state index contributed by atoms with van der Waals surface area (Å²) in [5, 5.41) is 64.3. The number of halogens is 1. The molecule has 4 atom stereocenters. The fourth-order valence-electron chi connectivity index (χ4n) is 18.8. The van der Waals surface area contributed by atoms with Crippen molar-refractivity contribution in [3.05, 3.63) is 440 Å². The van der Waals surface area contributed by atoms with Gasteiger partial charge in [-0.25, -0.2) is 4.39 Å². The lowest BCUT2D eigenvalue weighted by Gasteiger charge is -2.28. The van der Waals surface area contributed by atoms with Gasteiger partial charge in [0.2, 0.25) is 0 Å². The van der Waals surface area contributed by atoms with Crippen LogP contribution in [0, 0.1) is 5.82 Å². The topological polar surface area (TPSA) is 266 Å². The molecule has 15 aromatic rings. The van der Waals surface area contributed by atoms with Gasteiger partial charge in [0.15, 0.2) is 0 Å². The van der Waals surface area contributed by atoms with Gasteiger partial charge in [-0.2, -0.15) is 0 Å². The number of carbonyl (C=O) groups excluding carboxylic acids is 4. The standard InChI is InChI=1S/2C30H28N2O3S2.C29H25FN2O2S2.C28H30N2O3S2/c2*1-35-24-14-12-22(13-15-24)23-16-25-27(26(17-23)32-34)30(36-19-21-10-6-3-7-11-21)37-28(25)29(33)31-18-20-8-4-2-5-9-20;30-23-13-11-21(12-14-23)22-15-24-26(25(16-22)32-34)29(35-18-20-9-5-2-6-10-20)36-27(24)28(33)31-17-19-7-3-1-4-8-19;1-33-22-12-10-20(11-13-22)21-16-23-25(24(17-21)29-32)28(34-18-19-8-4-2-5-9-19)35-26(23)27(31)30-14-6-3-7-15-30/h2*2-15,23,34H,16-19H2,1H3,(H,31,33);1-14,22,34H,15-18H2,(H,31,33);2,4-5,8-13,21,32H,3,6-7,14-18H2,1H3/b2*32-26+;32-25+;29-24+/t2*23-;;/m10../s1. The van der Waals surface area contributed by atoms with Gasteiger partial charge in [-0.1, -0.05) is 281 Å².